The smallest absolute Gasteiger partial charge is 0.381 e. The number of anilines is 1. The summed E-state index contributed by atoms with van der Waals surface area (Å²) in [7, 11) is -1.77. The fourth-order valence-electron chi connectivity index (χ4n) is 4.28. The zero-order chi connectivity index (χ0) is 25.3. The molecule has 34 heavy (non-hydrogen) atoms. The lowest BCUT2D eigenvalue weighted by Crippen LogP contribution is -2.39. The SMILES string of the molecule is CNS(=O)(=O)C=CC(=O)N(C)C(c1ccc(NC2Cc3ccccc3C2(C)C)cc1)C(F)(F)F. The van der Waals surface area contributed by atoms with Crippen molar-refractivity contribution >= 4 is 21.6 Å². The van der Waals surface area contributed by atoms with Gasteiger partial charge in [0, 0.05) is 30.3 Å². The summed E-state index contributed by atoms with van der Waals surface area (Å²) in [6, 6.07) is 11.8. The van der Waals surface area contributed by atoms with Gasteiger partial charge in [-0.15, -0.1) is 0 Å². The Morgan fingerprint density at radius 3 is 2.32 bits per heavy atom. The Hall–Kier alpha value is -2.85. The van der Waals surface area contributed by atoms with E-state index in [9.17, 15) is 26.4 Å². The van der Waals surface area contributed by atoms with E-state index < -0.39 is 28.1 Å². The largest absolute Gasteiger partial charge is 0.413 e. The number of sulfonamides is 1. The minimum atomic E-state index is -4.76. The first-order valence-electron chi connectivity index (χ1n) is 10.7. The summed E-state index contributed by atoms with van der Waals surface area (Å²) in [5, 5.41) is 3.97. The molecule has 1 amide bonds. The van der Waals surface area contributed by atoms with Crippen molar-refractivity contribution in [3.63, 3.8) is 0 Å². The second kappa shape index (κ2) is 9.42. The highest BCUT2D eigenvalue weighted by molar-refractivity contribution is 7.92. The zero-order valence-corrected chi connectivity index (χ0v) is 20.2. The summed E-state index contributed by atoms with van der Waals surface area (Å²) >= 11 is 0. The van der Waals surface area contributed by atoms with Crippen LogP contribution in [0.1, 0.15) is 36.6 Å². The third kappa shape index (κ3) is 5.44. The lowest BCUT2D eigenvalue weighted by molar-refractivity contribution is -0.186. The van der Waals surface area contributed by atoms with E-state index in [0.29, 0.717) is 22.1 Å². The van der Waals surface area contributed by atoms with Gasteiger partial charge in [0.05, 0.1) is 5.41 Å². The van der Waals surface area contributed by atoms with Gasteiger partial charge in [0.2, 0.25) is 15.9 Å². The summed E-state index contributed by atoms with van der Waals surface area (Å²) < 4.78 is 66.5. The number of carbonyl (C=O) groups is 1. The molecule has 184 valence electrons. The molecule has 0 saturated heterocycles. The second-order valence-electron chi connectivity index (χ2n) is 8.85. The van der Waals surface area contributed by atoms with Gasteiger partial charge in [0.25, 0.3) is 0 Å². The monoisotopic (exact) mass is 495 g/mol. The Balaban J connectivity index is 1.80. The van der Waals surface area contributed by atoms with Crippen LogP contribution in [0.25, 0.3) is 0 Å². The first kappa shape index (κ1) is 25.8. The molecule has 0 aliphatic heterocycles. The molecular formula is C24H28F3N3O3S. The number of benzene rings is 2. The third-order valence-electron chi connectivity index (χ3n) is 6.29. The normalized spacial score (nSPS) is 18.5. The average Bonchev–Trinajstić information content (AvgIpc) is 3.02. The maximum Gasteiger partial charge on any atom is 0.413 e. The third-order valence-corrected chi connectivity index (χ3v) is 7.36. The molecular weight excluding hydrogens is 467 g/mol. The predicted octanol–water partition coefficient (Wildman–Crippen LogP) is 4.13. The molecule has 2 atom stereocenters. The van der Waals surface area contributed by atoms with Gasteiger partial charge in [-0.1, -0.05) is 50.2 Å². The van der Waals surface area contributed by atoms with Crippen LogP contribution in [0, 0.1) is 0 Å². The maximum absolute atomic E-state index is 13.9. The van der Waals surface area contributed by atoms with Crippen molar-refractivity contribution in [3.8, 4) is 0 Å². The van der Waals surface area contributed by atoms with E-state index >= 15 is 0 Å². The fraction of sp³-hybridized carbons (Fsp3) is 0.375. The van der Waals surface area contributed by atoms with Crippen LogP contribution in [0.4, 0.5) is 18.9 Å². The van der Waals surface area contributed by atoms with Gasteiger partial charge in [0.1, 0.15) is 0 Å². The van der Waals surface area contributed by atoms with Crippen LogP contribution in [0.15, 0.2) is 60.0 Å². The van der Waals surface area contributed by atoms with Gasteiger partial charge >= 0.3 is 6.18 Å². The Kier molecular flexibility index (Phi) is 7.14. The quantitative estimate of drug-likeness (QED) is 0.567. The van der Waals surface area contributed by atoms with Crippen molar-refractivity contribution in [2.75, 3.05) is 19.4 Å². The molecule has 2 aromatic carbocycles. The molecule has 1 aliphatic rings. The molecule has 0 heterocycles. The summed E-state index contributed by atoms with van der Waals surface area (Å²) in [6.07, 6.45) is -3.36. The molecule has 0 aromatic heterocycles. The van der Waals surface area contributed by atoms with Gasteiger partial charge in [-0.3, -0.25) is 4.79 Å². The van der Waals surface area contributed by atoms with Crippen LogP contribution in [-0.2, 0) is 26.7 Å². The molecule has 0 bridgehead atoms. The van der Waals surface area contributed by atoms with Crippen molar-refractivity contribution in [2.24, 2.45) is 0 Å². The molecule has 10 heteroatoms. The second-order valence-corrected chi connectivity index (χ2v) is 10.6. The fourth-order valence-corrected chi connectivity index (χ4v) is 4.71. The summed E-state index contributed by atoms with van der Waals surface area (Å²) in [5.41, 5.74) is 2.87. The van der Waals surface area contributed by atoms with E-state index in [1.807, 2.05) is 16.9 Å². The van der Waals surface area contributed by atoms with Crippen LogP contribution in [0.3, 0.4) is 0 Å². The number of halogens is 3. The van der Waals surface area contributed by atoms with E-state index in [0.717, 1.165) is 20.5 Å². The van der Waals surface area contributed by atoms with Crippen LogP contribution in [0.5, 0.6) is 0 Å². The Labute approximate surface area is 197 Å². The van der Waals surface area contributed by atoms with E-state index in [1.165, 1.54) is 23.3 Å². The van der Waals surface area contributed by atoms with Crippen LogP contribution in [0.2, 0.25) is 0 Å². The van der Waals surface area contributed by atoms with Crippen molar-refractivity contribution < 1.29 is 26.4 Å². The number of nitrogens with one attached hydrogen (secondary N) is 2. The van der Waals surface area contributed by atoms with Crippen LogP contribution < -0.4 is 10.0 Å². The summed E-state index contributed by atoms with van der Waals surface area (Å²) in [4.78, 5) is 12.8. The van der Waals surface area contributed by atoms with Crippen molar-refractivity contribution in [3.05, 3.63) is 76.7 Å². The summed E-state index contributed by atoms with van der Waals surface area (Å²) in [6.45, 7) is 4.26. The molecule has 6 nitrogen and oxygen atoms in total. The van der Waals surface area contributed by atoms with Gasteiger partial charge in [0.15, 0.2) is 6.04 Å². The highest BCUT2D eigenvalue weighted by atomic mass is 32.2. The first-order chi connectivity index (χ1) is 15.8. The summed E-state index contributed by atoms with van der Waals surface area (Å²) in [5.74, 6) is -1.09. The number of alkyl halides is 3. The minimum Gasteiger partial charge on any atom is -0.381 e. The van der Waals surface area contributed by atoms with Crippen molar-refractivity contribution in [1.82, 2.24) is 9.62 Å². The number of amides is 1. The predicted molar refractivity (Wildman–Crippen MR) is 126 cm³/mol. The molecule has 2 unspecified atom stereocenters. The Morgan fingerprint density at radius 2 is 1.76 bits per heavy atom. The molecule has 2 aromatic rings. The molecule has 1 aliphatic carbocycles. The molecule has 0 saturated carbocycles. The molecule has 0 radical (unpaired) electrons. The van der Waals surface area contributed by atoms with Gasteiger partial charge in [-0.2, -0.15) is 13.2 Å². The molecule has 0 spiro atoms. The molecule has 0 fully saturated rings. The van der Waals surface area contributed by atoms with Gasteiger partial charge < -0.3 is 10.2 Å². The van der Waals surface area contributed by atoms with E-state index in [4.69, 9.17) is 0 Å². The minimum absolute atomic E-state index is 0.0673. The standard InChI is InChI=1S/C24H28F3N3O3S/c1-23(2)19-8-6-5-7-17(19)15-20(23)29-18-11-9-16(10-12-18)22(24(25,26)27)30(4)21(31)13-14-34(32,33)28-3/h5-14,20,22,28-29H,15H2,1-4H3. The van der Waals surface area contributed by atoms with E-state index in [-0.39, 0.29) is 17.0 Å². The highest BCUT2D eigenvalue weighted by Gasteiger charge is 2.45. The van der Waals surface area contributed by atoms with E-state index in [1.54, 1.807) is 12.1 Å². The van der Waals surface area contributed by atoms with Crippen LogP contribution >= 0.6 is 0 Å². The number of rotatable bonds is 7. The maximum atomic E-state index is 13.9. The number of fused-ring (bicyclic) bond motifs is 1. The zero-order valence-electron chi connectivity index (χ0n) is 19.3. The topological polar surface area (TPSA) is 78.5 Å². The van der Waals surface area contributed by atoms with Crippen molar-refractivity contribution in [1.29, 1.82) is 0 Å². The number of hydrogen-bond acceptors (Lipinski definition) is 4. The number of nitrogens with zero attached hydrogens (tertiary/aromatic N) is 1. The molecule has 3 rings (SSSR count). The lowest BCUT2D eigenvalue weighted by Gasteiger charge is -2.31. The van der Waals surface area contributed by atoms with Crippen LogP contribution in [-0.4, -0.2) is 45.5 Å². The number of likely N-dealkylation sites (N-methyl/N-ethyl adjacent to an activating group) is 1. The van der Waals surface area contributed by atoms with Crippen molar-refractivity contribution in [2.45, 2.75) is 43.9 Å². The van der Waals surface area contributed by atoms with E-state index in [2.05, 4.69) is 31.3 Å². The molecule has 2 N–H and O–H groups in total. The average molecular weight is 496 g/mol. The van der Waals surface area contributed by atoms with Gasteiger partial charge in [-0.25, -0.2) is 13.1 Å². The number of carbonyl (C=O) groups excluding carboxylic acids is 1. The highest BCUT2D eigenvalue weighted by Crippen LogP contribution is 2.41. The Morgan fingerprint density at radius 1 is 1.15 bits per heavy atom. The Bertz CT molecular complexity index is 1180. The first-order valence-corrected chi connectivity index (χ1v) is 12.2. The number of hydrogen-bond donors (Lipinski definition) is 2. The van der Waals surface area contributed by atoms with Gasteiger partial charge in [-0.05, 0) is 42.3 Å². The lowest BCUT2D eigenvalue weighted by atomic mass is 9.83.